The van der Waals surface area contributed by atoms with Crippen molar-refractivity contribution in [1.29, 1.82) is 0 Å². The van der Waals surface area contributed by atoms with Crippen molar-refractivity contribution in [1.82, 2.24) is 9.80 Å². The Labute approximate surface area is 80.1 Å². The molecule has 12 heavy (non-hydrogen) atoms. The fourth-order valence-corrected chi connectivity index (χ4v) is 1.98. The van der Waals surface area contributed by atoms with E-state index in [-0.39, 0.29) is 10.5 Å². The van der Waals surface area contributed by atoms with Gasteiger partial charge in [-0.25, -0.2) is 0 Å². The second kappa shape index (κ2) is 5.31. The molecule has 0 fully saturated rings. The maximum Gasteiger partial charge on any atom is 0.292 e. The van der Waals surface area contributed by atoms with Gasteiger partial charge in [-0.3, -0.25) is 9.59 Å². The first-order valence-electron chi connectivity index (χ1n) is 3.22. The topological polar surface area (TPSA) is 40.6 Å². The van der Waals surface area contributed by atoms with Crippen LogP contribution in [0.2, 0.25) is 0 Å². The van der Waals surface area contributed by atoms with Crippen LogP contribution in [0.3, 0.4) is 0 Å². The normalized spacial score (nSPS) is 9.33. The first kappa shape index (κ1) is 11.6. The van der Waals surface area contributed by atoms with Gasteiger partial charge in [0, 0.05) is 49.8 Å². The molecule has 0 aromatic heterocycles. The molecule has 2 amide bonds. The molecule has 0 unspecified atom stereocenters. The lowest BCUT2D eigenvalue weighted by atomic mass is 11.0. The monoisotopic (exact) mass is 208 g/mol. The van der Waals surface area contributed by atoms with E-state index in [2.05, 4.69) is 0 Å². The molecule has 0 saturated heterocycles. The second-order valence-electron chi connectivity index (χ2n) is 2.49. The zero-order valence-electron chi connectivity index (χ0n) is 7.53. The molecule has 0 aliphatic heterocycles. The molecule has 0 atom stereocenters. The second-order valence-corrected chi connectivity index (χ2v) is 4.52. The molecular formula is C6H12N2O2S2. The van der Waals surface area contributed by atoms with Gasteiger partial charge in [-0.2, -0.15) is 0 Å². The number of amides is 2. The van der Waals surface area contributed by atoms with Crippen molar-refractivity contribution in [2.75, 3.05) is 28.2 Å². The van der Waals surface area contributed by atoms with Crippen LogP contribution in [0.15, 0.2) is 0 Å². The van der Waals surface area contributed by atoms with Crippen molar-refractivity contribution >= 4 is 32.1 Å². The molecular weight excluding hydrogens is 196 g/mol. The smallest absolute Gasteiger partial charge is 0.292 e. The molecule has 0 saturated carbocycles. The van der Waals surface area contributed by atoms with E-state index in [1.807, 2.05) is 0 Å². The van der Waals surface area contributed by atoms with Gasteiger partial charge in [-0.05, 0) is 0 Å². The van der Waals surface area contributed by atoms with Gasteiger partial charge in [0.1, 0.15) is 0 Å². The van der Waals surface area contributed by atoms with Crippen LogP contribution in [-0.2, 0) is 0 Å². The van der Waals surface area contributed by atoms with Crippen molar-refractivity contribution < 1.29 is 9.59 Å². The van der Waals surface area contributed by atoms with Crippen LogP contribution in [0.4, 0.5) is 9.59 Å². The SMILES string of the molecule is CN(C)C(=O)SSC(=O)N(C)C. The highest BCUT2D eigenvalue weighted by Gasteiger charge is 2.11. The predicted octanol–water partition coefficient (Wildman–Crippen LogP) is 1.73. The molecule has 0 heterocycles. The average molecular weight is 208 g/mol. The zero-order chi connectivity index (χ0) is 9.72. The first-order valence-corrected chi connectivity index (χ1v) is 5.37. The highest BCUT2D eigenvalue weighted by Crippen LogP contribution is 2.25. The van der Waals surface area contributed by atoms with Crippen molar-refractivity contribution in [3.8, 4) is 0 Å². The van der Waals surface area contributed by atoms with Crippen LogP contribution >= 0.6 is 21.6 Å². The molecule has 0 aromatic rings. The fraction of sp³-hybridized carbons (Fsp3) is 0.667. The third-order valence-electron chi connectivity index (χ3n) is 0.915. The third-order valence-corrected chi connectivity index (χ3v) is 3.12. The summed E-state index contributed by atoms with van der Waals surface area (Å²) in [6, 6.07) is 0. The van der Waals surface area contributed by atoms with Crippen molar-refractivity contribution in [3.05, 3.63) is 0 Å². The zero-order valence-corrected chi connectivity index (χ0v) is 9.16. The van der Waals surface area contributed by atoms with Crippen molar-refractivity contribution in [3.63, 3.8) is 0 Å². The Morgan fingerprint density at radius 3 is 1.25 bits per heavy atom. The minimum absolute atomic E-state index is 0.129. The molecule has 0 aromatic carbocycles. The van der Waals surface area contributed by atoms with Gasteiger partial charge >= 0.3 is 0 Å². The number of carbonyl (C=O) groups excluding carboxylic acids is 2. The number of carbonyl (C=O) groups is 2. The van der Waals surface area contributed by atoms with Crippen LogP contribution in [0, 0.1) is 0 Å². The van der Waals surface area contributed by atoms with E-state index < -0.39 is 0 Å². The van der Waals surface area contributed by atoms with Crippen molar-refractivity contribution in [2.45, 2.75) is 0 Å². The third kappa shape index (κ3) is 4.50. The molecule has 0 radical (unpaired) electrons. The maximum atomic E-state index is 11.0. The van der Waals surface area contributed by atoms with Gasteiger partial charge in [0.15, 0.2) is 0 Å². The van der Waals surface area contributed by atoms with Crippen LogP contribution in [-0.4, -0.2) is 48.5 Å². The Bertz CT molecular complexity index is 162. The predicted molar refractivity (Wildman–Crippen MR) is 53.3 cm³/mol. The molecule has 0 aliphatic carbocycles. The standard InChI is InChI=1S/C6H12N2O2S2/c1-7(2)5(9)11-12-6(10)8(3)4/h1-4H3. The molecule has 0 N–H and O–H groups in total. The lowest BCUT2D eigenvalue weighted by Gasteiger charge is -2.10. The number of hydrogen-bond acceptors (Lipinski definition) is 4. The summed E-state index contributed by atoms with van der Waals surface area (Å²) in [6.45, 7) is 0. The van der Waals surface area contributed by atoms with Gasteiger partial charge in [-0.15, -0.1) is 0 Å². The molecule has 70 valence electrons. The summed E-state index contributed by atoms with van der Waals surface area (Å²) in [6.07, 6.45) is 0. The highest BCUT2D eigenvalue weighted by atomic mass is 33.1. The lowest BCUT2D eigenvalue weighted by Crippen LogP contribution is -2.18. The summed E-state index contributed by atoms with van der Waals surface area (Å²) < 4.78 is 0. The number of nitrogens with zero attached hydrogens (tertiary/aromatic N) is 2. The Balaban J connectivity index is 3.69. The summed E-state index contributed by atoms with van der Waals surface area (Å²) in [5, 5.41) is -0.259. The summed E-state index contributed by atoms with van der Waals surface area (Å²) in [5.41, 5.74) is 0. The van der Waals surface area contributed by atoms with Gasteiger partial charge in [-0.1, -0.05) is 0 Å². The molecule has 4 nitrogen and oxygen atoms in total. The quantitative estimate of drug-likeness (QED) is 0.568. The minimum Gasteiger partial charge on any atom is -0.339 e. The first-order chi connectivity index (χ1) is 5.45. The maximum absolute atomic E-state index is 11.0. The summed E-state index contributed by atoms with van der Waals surface area (Å²) in [4.78, 5) is 24.8. The van der Waals surface area contributed by atoms with E-state index in [9.17, 15) is 9.59 Å². The Morgan fingerprint density at radius 2 is 1.08 bits per heavy atom. The van der Waals surface area contributed by atoms with Crippen LogP contribution in [0.25, 0.3) is 0 Å². The summed E-state index contributed by atoms with van der Waals surface area (Å²) >= 11 is 0. The average Bonchev–Trinajstić information content (AvgIpc) is 1.98. The van der Waals surface area contributed by atoms with E-state index >= 15 is 0 Å². The van der Waals surface area contributed by atoms with E-state index in [1.54, 1.807) is 28.2 Å². The Morgan fingerprint density at radius 1 is 0.833 bits per heavy atom. The van der Waals surface area contributed by atoms with Gasteiger partial charge in [0.25, 0.3) is 10.5 Å². The Hall–Kier alpha value is -0.360. The van der Waals surface area contributed by atoms with Gasteiger partial charge in [0.05, 0.1) is 0 Å². The molecule has 0 spiro atoms. The van der Waals surface area contributed by atoms with Gasteiger partial charge in [0.2, 0.25) is 0 Å². The van der Waals surface area contributed by atoms with Crippen LogP contribution < -0.4 is 0 Å². The van der Waals surface area contributed by atoms with E-state index in [4.69, 9.17) is 0 Å². The summed E-state index contributed by atoms with van der Waals surface area (Å²) in [5.74, 6) is 0. The van der Waals surface area contributed by atoms with Crippen molar-refractivity contribution in [2.24, 2.45) is 0 Å². The van der Waals surface area contributed by atoms with Crippen LogP contribution in [0.1, 0.15) is 0 Å². The van der Waals surface area contributed by atoms with E-state index in [0.29, 0.717) is 0 Å². The Kier molecular flexibility index (Phi) is 5.16. The molecule has 0 bridgehead atoms. The lowest BCUT2D eigenvalue weighted by molar-refractivity contribution is 0.240. The molecule has 0 rings (SSSR count). The largest absolute Gasteiger partial charge is 0.339 e. The van der Waals surface area contributed by atoms with Gasteiger partial charge < -0.3 is 9.80 Å². The summed E-state index contributed by atoms with van der Waals surface area (Å²) in [7, 11) is 8.46. The number of rotatable bonds is 0. The van der Waals surface area contributed by atoms with Crippen LogP contribution in [0.5, 0.6) is 0 Å². The molecule has 6 heteroatoms. The number of hydrogen-bond donors (Lipinski definition) is 0. The molecule has 0 aliphatic rings. The fourth-order valence-electron chi connectivity index (χ4n) is 0.220. The van der Waals surface area contributed by atoms with E-state index in [0.717, 1.165) is 21.6 Å². The minimum atomic E-state index is -0.129. The highest BCUT2D eigenvalue weighted by molar-refractivity contribution is 8.87. The van der Waals surface area contributed by atoms with E-state index in [1.165, 1.54) is 9.80 Å².